The highest BCUT2D eigenvalue weighted by molar-refractivity contribution is 5.85. The lowest BCUT2D eigenvalue weighted by atomic mass is 10.1. The van der Waals surface area contributed by atoms with E-state index in [-0.39, 0.29) is 24.4 Å². The molecule has 1 unspecified atom stereocenters. The van der Waals surface area contributed by atoms with Crippen LogP contribution in [0.4, 0.5) is 0 Å². The van der Waals surface area contributed by atoms with E-state index in [1.165, 1.54) is 25.7 Å². The molecule has 7 heteroatoms. The smallest absolute Gasteiger partial charge is 0.234 e. The van der Waals surface area contributed by atoms with Crippen molar-refractivity contribution in [2.24, 2.45) is 7.05 Å². The Morgan fingerprint density at radius 3 is 2.75 bits per heavy atom. The van der Waals surface area contributed by atoms with E-state index in [2.05, 4.69) is 20.5 Å². The fourth-order valence-corrected chi connectivity index (χ4v) is 3.77. The molecule has 1 saturated heterocycles. The molecule has 1 aromatic rings. The Hall–Kier alpha value is -1.11. The number of carbonyl (C=O) groups excluding carboxylic acids is 1. The Bertz CT molecular complexity index is 513. The van der Waals surface area contributed by atoms with Gasteiger partial charge >= 0.3 is 0 Å². The highest BCUT2D eigenvalue weighted by Gasteiger charge is 2.28. The van der Waals surface area contributed by atoms with Crippen LogP contribution >= 0.6 is 12.4 Å². The molecule has 1 aliphatic heterocycles. The first-order chi connectivity index (χ1) is 11.2. The van der Waals surface area contributed by atoms with Gasteiger partial charge in [-0.05, 0) is 12.8 Å². The minimum atomic E-state index is 0. The number of halogens is 1. The Morgan fingerprint density at radius 1 is 1.33 bits per heavy atom. The molecule has 0 bridgehead atoms. The topological polar surface area (TPSA) is 62.2 Å². The molecule has 1 saturated carbocycles. The summed E-state index contributed by atoms with van der Waals surface area (Å²) in [5, 5.41) is 6.67. The number of rotatable bonds is 4. The summed E-state index contributed by atoms with van der Waals surface area (Å²) < 4.78 is 2.05. The van der Waals surface area contributed by atoms with Gasteiger partial charge < -0.3 is 15.2 Å². The van der Waals surface area contributed by atoms with E-state index in [1.807, 2.05) is 24.0 Å². The van der Waals surface area contributed by atoms with Crippen molar-refractivity contribution in [3.63, 3.8) is 0 Å². The van der Waals surface area contributed by atoms with Gasteiger partial charge in [-0.25, -0.2) is 4.98 Å². The van der Waals surface area contributed by atoms with Crippen LogP contribution in [-0.2, 0) is 11.8 Å². The third-order valence-electron chi connectivity index (χ3n) is 5.08. The molecule has 2 aliphatic rings. The minimum absolute atomic E-state index is 0. The van der Waals surface area contributed by atoms with Gasteiger partial charge in [0, 0.05) is 45.1 Å². The van der Waals surface area contributed by atoms with Crippen LogP contribution in [0.15, 0.2) is 12.4 Å². The molecule has 1 aromatic heterocycles. The van der Waals surface area contributed by atoms with Crippen LogP contribution in [0, 0.1) is 0 Å². The van der Waals surface area contributed by atoms with Gasteiger partial charge in [0.25, 0.3) is 0 Å². The number of piperazine rings is 1. The van der Waals surface area contributed by atoms with Crippen molar-refractivity contribution < 1.29 is 4.79 Å². The van der Waals surface area contributed by atoms with Crippen molar-refractivity contribution >= 4 is 18.3 Å². The van der Waals surface area contributed by atoms with E-state index in [0.29, 0.717) is 12.6 Å². The Balaban J connectivity index is 0.00000208. The molecule has 1 aliphatic carbocycles. The number of nitrogens with zero attached hydrogens (tertiary/aromatic N) is 3. The third kappa shape index (κ3) is 4.94. The van der Waals surface area contributed by atoms with Gasteiger partial charge in [0.15, 0.2) is 0 Å². The number of hydrogen-bond acceptors (Lipinski definition) is 4. The van der Waals surface area contributed by atoms with E-state index in [9.17, 15) is 4.79 Å². The normalized spacial score (nSPS) is 23.3. The number of imidazole rings is 1. The van der Waals surface area contributed by atoms with Gasteiger partial charge in [-0.3, -0.25) is 9.69 Å². The van der Waals surface area contributed by atoms with Crippen molar-refractivity contribution in [1.29, 1.82) is 0 Å². The van der Waals surface area contributed by atoms with Gasteiger partial charge in [0.1, 0.15) is 5.82 Å². The van der Waals surface area contributed by atoms with E-state index in [1.54, 1.807) is 0 Å². The lowest BCUT2D eigenvalue weighted by Crippen LogP contribution is -2.51. The summed E-state index contributed by atoms with van der Waals surface area (Å²) in [7, 11) is 2.01. The Kier molecular flexibility index (Phi) is 7.52. The highest BCUT2D eigenvalue weighted by Crippen LogP contribution is 2.20. The summed E-state index contributed by atoms with van der Waals surface area (Å²) >= 11 is 0. The molecule has 1 atom stereocenters. The monoisotopic (exact) mass is 355 g/mol. The van der Waals surface area contributed by atoms with Crippen LogP contribution in [0.1, 0.15) is 50.4 Å². The van der Waals surface area contributed by atoms with Gasteiger partial charge in [0.2, 0.25) is 5.91 Å². The van der Waals surface area contributed by atoms with E-state index < -0.39 is 0 Å². The number of aryl methyl sites for hydroxylation is 1. The molecule has 2 fully saturated rings. The van der Waals surface area contributed by atoms with Crippen molar-refractivity contribution in [2.75, 3.05) is 26.2 Å². The lowest BCUT2D eigenvalue weighted by Gasteiger charge is -2.35. The fraction of sp³-hybridized carbons (Fsp3) is 0.765. The molecule has 24 heavy (non-hydrogen) atoms. The first-order valence-corrected chi connectivity index (χ1v) is 8.95. The molecule has 0 aromatic carbocycles. The molecule has 136 valence electrons. The first kappa shape index (κ1) is 19.2. The summed E-state index contributed by atoms with van der Waals surface area (Å²) in [5.41, 5.74) is 0. The predicted octanol–water partition coefficient (Wildman–Crippen LogP) is 1.63. The second-order valence-electron chi connectivity index (χ2n) is 6.84. The molecule has 2 N–H and O–H groups in total. The maximum absolute atomic E-state index is 12.5. The second kappa shape index (κ2) is 9.39. The second-order valence-corrected chi connectivity index (χ2v) is 6.84. The Morgan fingerprint density at radius 2 is 2.08 bits per heavy atom. The predicted molar refractivity (Wildman–Crippen MR) is 97.3 cm³/mol. The quantitative estimate of drug-likeness (QED) is 0.806. The summed E-state index contributed by atoms with van der Waals surface area (Å²) in [5.74, 6) is 1.19. The van der Waals surface area contributed by atoms with Crippen LogP contribution in [0.25, 0.3) is 0 Å². The van der Waals surface area contributed by atoms with Crippen molar-refractivity contribution in [3.8, 4) is 0 Å². The van der Waals surface area contributed by atoms with Gasteiger partial charge in [-0.1, -0.05) is 25.7 Å². The van der Waals surface area contributed by atoms with Crippen LogP contribution < -0.4 is 10.6 Å². The van der Waals surface area contributed by atoms with Gasteiger partial charge in [-0.15, -0.1) is 12.4 Å². The summed E-state index contributed by atoms with van der Waals surface area (Å²) in [6, 6.07) is 0.545. The van der Waals surface area contributed by atoms with Crippen LogP contribution in [0.2, 0.25) is 0 Å². The number of carbonyl (C=O) groups is 1. The average Bonchev–Trinajstić information content (AvgIpc) is 2.80. The van der Waals surface area contributed by atoms with Crippen molar-refractivity contribution in [1.82, 2.24) is 25.1 Å². The zero-order valence-electron chi connectivity index (χ0n) is 14.5. The third-order valence-corrected chi connectivity index (χ3v) is 5.08. The van der Waals surface area contributed by atoms with Crippen LogP contribution in [0.3, 0.4) is 0 Å². The number of aromatic nitrogens is 2. The van der Waals surface area contributed by atoms with E-state index in [4.69, 9.17) is 0 Å². The first-order valence-electron chi connectivity index (χ1n) is 8.95. The maximum Gasteiger partial charge on any atom is 0.234 e. The van der Waals surface area contributed by atoms with Crippen LogP contribution in [0.5, 0.6) is 0 Å². The SMILES string of the molecule is Cl.Cn1ccnc1C1CNCCN1CC(=O)NC1CCCCCC1. The largest absolute Gasteiger partial charge is 0.352 e. The summed E-state index contributed by atoms with van der Waals surface area (Å²) in [6.07, 6.45) is 11.2. The zero-order chi connectivity index (χ0) is 16.1. The molecular formula is C17H30ClN5O. The highest BCUT2D eigenvalue weighted by atomic mass is 35.5. The summed E-state index contributed by atoms with van der Waals surface area (Å²) in [4.78, 5) is 19.2. The Labute approximate surface area is 150 Å². The number of amides is 1. The zero-order valence-corrected chi connectivity index (χ0v) is 15.4. The van der Waals surface area contributed by atoms with Crippen molar-refractivity contribution in [2.45, 2.75) is 50.6 Å². The molecule has 0 spiro atoms. The van der Waals surface area contributed by atoms with Gasteiger partial charge in [-0.2, -0.15) is 0 Å². The van der Waals surface area contributed by atoms with Crippen molar-refractivity contribution in [3.05, 3.63) is 18.2 Å². The standard InChI is InChI=1S/C17H29N5O.ClH/c1-21-10-9-19-17(21)15-12-18-8-11-22(15)13-16(23)20-14-6-4-2-3-5-7-14;/h9-10,14-15,18H,2-8,11-13H2,1H3,(H,20,23);1H. The molecular weight excluding hydrogens is 326 g/mol. The van der Waals surface area contributed by atoms with E-state index >= 15 is 0 Å². The van der Waals surface area contributed by atoms with Crippen LogP contribution in [-0.4, -0.2) is 52.6 Å². The molecule has 0 radical (unpaired) electrons. The average molecular weight is 356 g/mol. The molecule has 3 rings (SSSR count). The number of nitrogens with one attached hydrogen (secondary N) is 2. The molecule has 2 heterocycles. The van der Waals surface area contributed by atoms with E-state index in [0.717, 1.165) is 38.3 Å². The maximum atomic E-state index is 12.5. The van der Waals surface area contributed by atoms with Gasteiger partial charge in [0.05, 0.1) is 12.6 Å². The summed E-state index contributed by atoms with van der Waals surface area (Å²) in [6.45, 7) is 3.13. The molecule has 1 amide bonds. The fourth-order valence-electron chi connectivity index (χ4n) is 3.77. The minimum Gasteiger partial charge on any atom is -0.352 e. The molecule has 6 nitrogen and oxygen atoms in total. The number of hydrogen-bond donors (Lipinski definition) is 2. The lowest BCUT2D eigenvalue weighted by molar-refractivity contribution is -0.123.